The second-order valence-electron chi connectivity index (χ2n) is 16.2. The van der Waals surface area contributed by atoms with Gasteiger partial charge in [-0.2, -0.15) is 0 Å². The van der Waals surface area contributed by atoms with Crippen LogP contribution >= 0.6 is 0 Å². The number of anilines is 1. The lowest BCUT2D eigenvalue weighted by molar-refractivity contribution is -0.276. The van der Waals surface area contributed by atoms with Gasteiger partial charge in [0.15, 0.2) is 6.29 Å². The van der Waals surface area contributed by atoms with Crippen LogP contribution in [0.15, 0.2) is 156 Å². The van der Waals surface area contributed by atoms with E-state index in [0.717, 1.165) is 82.6 Å². The van der Waals surface area contributed by atoms with E-state index in [1.807, 2.05) is 132 Å². The lowest BCUT2D eigenvalue weighted by Gasteiger charge is -2.44. The van der Waals surface area contributed by atoms with Crippen molar-refractivity contribution in [3.05, 3.63) is 184 Å². The van der Waals surface area contributed by atoms with E-state index >= 15 is 0 Å². The highest BCUT2D eigenvalue weighted by Crippen LogP contribution is 2.43. The molecular formula is C51H51N5O6. The van der Waals surface area contributed by atoms with E-state index in [-0.39, 0.29) is 42.5 Å². The van der Waals surface area contributed by atoms with Crippen molar-refractivity contribution in [2.24, 2.45) is 5.92 Å². The fraction of sp³-hybridized carbons (Fsp3) is 0.255. The summed E-state index contributed by atoms with van der Waals surface area (Å²) in [5.74, 6) is 1.47. The van der Waals surface area contributed by atoms with Crippen molar-refractivity contribution in [1.82, 2.24) is 19.8 Å². The number of aromatic nitrogens is 2. The third-order valence-electron chi connectivity index (χ3n) is 12.1. The Morgan fingerprint density at radius 2 is 1.47 bits per heavy atom. The number of hydrogen-bond acceptors (Lipinski definition) is 7. The van der Waals surface area contributed by atoms with Crippen LogP contribution < -0.4 is 21.1 Å². The number of carbonyl (C=O) groups is 1. The lowest BCUT2D eigenvalue weighted by atomic mass is 9.89. The summed E-state index contributed by atoms with van der Waals surface area (Å²) < 4.78 is 21.5. The zero-order valence-electron chi connectivity index (χ0n) is 34.7. The van der Waals surface area contributed by atoms with Crippen molar-refractivity contribution in [2.45, 2.75) is 57.5 Å². The molecule has 2 aliphatic rings. The summed E-state index contributed by atoms with van der Waals surface area (Å²) in [6.45, 7) is 4.95. The molecule has 2 fully saturated rings. The summed E-state index contributed by atoms with van der Waals surface area (Å²) in [6.07, 6.45) is 0.755. The van der Waals surface area contributed by atoms with Crippen molar-refractivity contribution >= 4 is 22.8 Å². The van der Waals surface area contributed by atoms with Gasteiger partial charge in [0, 0.05) is 49.4 Å². The molecule has 11 heteroatoms. The molecule has 316 valence electrons. The molecule has 0 saturated carbocycles. The number of aliphatic hydroxyl groups excluding tert-OH is 1. The number of benzene rings is 6. The first-order chi connectivity index (χ1) is 30.4. The van der Waals surface area contributed by atoms with Gasteiger partial charge in [-0.3, -0.25) is 4.57 Å². The molecule has 7 aromatic rings. The maximum absolute atomic E-state index is 13.0. The van der Waals surface area contributed by atoms with E-state index in [4.69, 9.17) is 14.2 Å². The number of aromatic amines is 1. The highest BCUT2D eigenvalue weighted by molar-refractivity contribution is 5.89. The van der Waals surface area contributed by atoms with E-state index in [1.165, 1.54) is 0 Å². The lowest BCUT2D eigenvalue weighted by Crippen LogP contribution is -2.47. The molecule has 1 aromatic heterocycles. The van der Waals surface area contributed by atoms with E-state index in [2.05, 4.69) is 51.7 Å². The van der Waals surface area contributed by atoms with E-state index < -0.39 is 6.29 Å². The number of para-hydroxylation sites is 3. The summed E-state index contributed by atoms with van der Waals surface area (Å²) in [7, 11) is 0. The van der Waals surface area contributed by atoms with Crippen molar-refractivity contribution in [3.63, 3.8) is 0 Å². The topological polar surface area (TPSA) is 130 Å². The summed E-state index contributed by atoms with van der Waals surface area (Å²) in [6, 6.07) is 49.0. The third-order valence-corrected chi connectivity index (χ3v) is 12.1. The molecule has 0 spiro atoms. The Hall–Kier alpha value is -6.50. The number of imidazole rings is 1. The molecule has 0 aliphatic carbocycles. The van der Waals surface area contributed by atoms with Gasteiger partial charge in [-0.05, 0) is 101 Å². The number of nitrogens with zero attached hydrogens (tertiary/aromatic N) is 2. The van der Waals surface area contributed by atoms with Crippen molar-refractivity contribution in [1.29, 1.82) is 0 Å². The smallest absolute Gasteiger partial charge is 0.326 e. The molecule has 4 atom stereocenters. The minimum atomic E-state index is -0.617. The molecule has 2 aliphatic heterocycles. The quantitative estimate of drug-likeness (QED) is 0.0965. The predicted molar refractivity (Wildman–Crippen MR) is 241 cm³/mol. The van der Waals surface area contributed by atoms with Gasteiger partial charge in [0.05, 0.1) is 29.8 Å². The van der Waals surface area contributed by atoms with Gasteiger partial charge in [0.1, 0.15) is 11.5 Å². The number of hydrogen-bond donors (Lipinski definition) is 4. The second-order valence-corrected chi connectivity index (χ2v) is 16.2. The molecule has 6 aromatic carbocycles. The first-order valence-corrected chi connectivity index (χ1v) is 21.4. The zero-order chi connectivity index (χ0) is 42.4. The minimum absolute atomic E-state index is 0.0198. The second kappa shape index (κ2) is 18.6. The number of rotatable bonds is 12. The average Bonchev–Trinajstić information content (AvgIpc) is 3.66. The fourth-order valence-corrected chi connectivity index (χ4v) is 8.69. The van der Waals surface area contributed by atoms with Crippen LogP contribution in [0.4, 0.5) is 10.5 Å². The molecule has 0 radical (unpaired) electrons. The van der Waals surface area contributed by atoms with E-state index in [9.17, 15) is 14.7 Å². The Morgan fingerprint density at radius 1 is 0.758 bits per heavy atom. The molecular weight excluding hydrogens is 779 g/mol. The summed E-state index contributed by atoms with van der Waals surface area (Å²) >= 11 is 0. The molecule has 11 nitrogen and oxygen atoms in total. The number of fused-ring (bicyclic) bond motifs is 1. The number of H-pyrrole nitrogens is 1. The molecule has 0 unspecified atom stereocenters. The molecule has 3 heterocycles. The number of urea groups is 1. The van der Waals surface area contributed by atoms with Crippen LogP contribution in [0.5, 0.6) is 11.5 Å². The first-order valence-electron chi connectivity index (χ1n) is 21.4. The SMILES string of the molecule is C[C@H]1[C@@H](CN2CCC(n3c(=O)[nH]c4ccccc43)CC2)O[C@@H](c2cccc(-c3cccc(CNC(=O)Nc4ccc(Oc5ccccc5)cc4)c3)c2)O[C@H]1c1ccc(CO)cc1. The van der Waals surface area contributed by atoms with Crippen LogP contribution in [0.3, 0.4) is 0 Å². The summed E-state index contributed by atoms with van der Waals surface area (Å²) in [5, 5.41) is 15.6. The third kappa shape index (κ3) is 9.36. The zero-order valence-corrected chi connectivity index (χ0v) is 34.7. The minimum Gasteiger partial charge on any atom is -0.457 e. The Bertz CT molecular complexity index is 2660. The normalized spacial score (nSPS) is 19.6. The van der Waals surface area contributed by atoms with Crippen LogP contribution in [-0.4, -0.2) is 51.3 Å². The average molecular weight is 830 g/mol. The molecule has 2 amide bonds. The molecule has 62 heavy (non-hydrogen) atoms. The number of aliphatic hydroxyl groups is 1. The van der Waals surface area contributed by atoms with E-state index in [0.29, 0.717) is 18.0 Å². The Balaban J connectivity index is 0.865. The maximum atomic E-state index is 13.0. The standard InChI is InChI=1S/C51H51N5O6/c1-34-47(32-55-27-25-42(26-28-55)56-46-16-6-5-15-45(46)54-51(56)59)61-49(62-48(34)37-19-17-35(33-57)18-20-37)40-12-8-11-39(30-40)38-10-7-9-36(29-38)31-52-50(58)53-41-21-23-44(24-22-41)60-43-13-3-2-4-14-43/h2-24,29-30,34,42,47-49,57H,25-28,31-33H2,1H3,(H,54,59)(H2,52,53,58)/t34-,47+,48+,49+/m0/s1. The maximum Gasteiger partial charge on any atom is 0.326 e. The van der Waals surface area contributed by atoms with Crippen molar-refractivity contribution in [3.8, 4) is 22.6 Å². The van der Waals surface area contributed by atoms with Gasteiger partial charge in [-0.1, -0.05) is 97.9 Å². The number of ether oxygens (including phenoxy) is 3. The first kappa shape index (κ1) is 40.9. The molecule has 4 N–H and O–H groups in total. The van der Waals surface area contributed by atoms with Gasteiger partial charge in [0.25, 0.3) is 0 Å². The van der Waals surface area contributed by atoms with Gasteiger partial charge in [-0.15, -0.1) is 0 Å². The fourth-order valence-electron chi connectivity index (χ4n) is 8.69. The Morgan fingerprint density at radius 3 is 2.24 bits per heavy atom. The molecule has 0 bridgehead atoms. The van der Waals surface area contributed by atoms with Crippen LogP contribution in [0.1, 0.15) is 60.5 Å². The van der Waals surface area contributed by atoms with Crippen LogP contribution in [0.2, 0.25) is 0 Å². The predicted octanol–water partition coefficient (Wildman–Crippen LogP) is 9.73. The van der Waals surface area contributed by atoms with Gasteiger partial charge in [-0.25, -0.2) is 9.59 Å². The highest BCUT2D eigenvalue weighted by Gasteiger charge is 2.40. The van der Waals surface area contributed by atoms with E-state index in [1.54, 1.807) is 0 Å². The van der Waals surface area contributed by atoms with Gasteiger partial charge in [0.2, 0.25) is 0 Å². The van der Waals surface area contributed by atoms with Gasteiger partial charge < -0.3 is 39.8 Å². The summed E-state index contributed by atoms with van der Waals surface area (Å²) in [5.41, 5.74) is 8.21. The largest absolute Gasteiger partial charge is 0.457 e. The summed E-state index contributed by atoms with van der Waals surface area (Å²) in [4.78, 5) is 31.3. The van der Waals surface area contributed by atoms with Crippen LogP contribution in [0, 0.1) is 5.92 Å². The molecule has 2 saturated heterocycles. The van der Waals surface area contributed by atoms with Crippen LogP contribution in [0.25, 0.3) is 22.2 Å². The van der Waals surface area contributed by atoms with Crippen LogP contribution in [-0.2, 0) is 22.6 Å². The van der Waals surface area contributed by atoms with Crippen molar-refractivity contribution < 1.29 is 24.1 Å². The number of amides is 2. The highest BCUT2D eigenvalue weighted by atomic mass is 16.7. The number of piperidine rings is 1. The van der Waals surface area contributed by atoms with Gasteiger partial charge >= 0.3 is 11.7 Å². The monoisotopic (exact) mass is 829 g/mol. The Kier molecular flexibility index (Phi) is 12.3. The number of carbonyl (C=O) groups excluding carboxylic acids is 1. The Labute approximate surface area is 360 Å². The van der Waals surface area contributed by atoms with Crippen molar-refractivity contribution in [2.75, 3.05) is 25.0 Å². The number of likely N-dealkylation sites (tertiary alicyclic amines) is 1. The molecule has 9 rings (SSSR count). The number of nitrogens with one attached hydrogen (secondary N) is 3.